The van der Waals surface area contributed by atoms with Gasteiger partial charge in [-0.3, -0.25) is 4.79 Å². The third-order valence-electron chi connectivity index (χ3n) is 4.79. The molecule has 4 nitrogen and oxygen atoms in total. The summed E-state index contributed by atoms with van der Waals surface area (Å²) in [6, 6.07) is 16.5. The number of H-pyrrole nitrogens is 1. The molecule has 0 spiro atoms. The van der Waals surface area contributed by atoms with Gasteiger partial charge < -0.3 is 15.6 Å². The molecule has 1 amide bonds. The van der Waals surface area contributed by atoms with Crippen molar-refractivity contribution in [3.05, 3.63) is 59.8 Å². The summed E-state index contributed by atoms with van der Waals surface area (Å²) in [5.74, 6) is 0.252. The van der Waals surface area contributed by atoms with Crippen LogP contribution in [0.2, 0.25) is 0 Å². The number of para-hydroxylation sites is 2. The SMILES string of the molecule is O=C1C[C@@H]2c3ccccc3N[C@@H]2c2[nH]c3ccccc3c2N1. The number of hydrogen-bond acceptors (Lipinski definition) is 2. The molecule has 0 saturated carbocycles. The maximum Gasteiger partial charge on any atom is 0.225 e. The topological polar surface area (TPSA) is 56.9 Å². The van der Waals surface area contributed by atoms with Gasteiger partial charge in [-0.1, -0.05) is 36.4 Å². The van der Waals surface area contributed by atoms with Crippen molar-refractivity contribution in [2.75, 3.05) is 10.6 Å². The number of nitrogens with one attached hydrogen (secondary N) is 3. The molecule has 0 bridgehead atoms. The largest absolute Gasteiger partial charge is 0.376 e. The summed E-state index contributed by atoms with van der Waals surface area (Å²) >= 11 is 0. The van der Waals surface area contributed by atoms with Gasteiger partial charge in [0.15, 0.2) is 0 Å². The Labute approximate surface area is 127 Å². The minimum atomic E-state index is 0.0806. The first kappa shape index (κ1) is 11.9. The highest BCUT2D eigenvalue weighted by Gasteiger charge is 2.39. The van der Waals surface area contributed by atoms with E-state index < -0.39 is 0 Å². The number of carbonyl (C=O) groups is 1. The van der Waals surface area contributed by atoms with Gasteiger partial charge in [-0.25, -0.2) is 0 Å². The molecule has 0 saturated heterocycles. The summed E-state index contributed by atoms with van der Waals surface area (Å²) in [6.45, 7) is 0. The van der Waals surface area contributed by atoms with Crippen LogP contribution in [0.5, 0.6) is 0 Å². The van der Waals surface area contributed by atoms with E-state index in [0.717, 1.165) is 28.0 Å². The van der Waals surface area contributed by atoms with Gasteiger partial charge in [0.25, 0.3) is 0 Å². The molecule has 22 heavy (non-hydrogen) atoms. The van der Waals surface area contributed by atoms with Gasteiger partial charge in [-0.05, 0) is 17.7 Å². The number of benzene rings is 2. The first-order valence-electron chi connectivity index (χ1n) is 7.57. The molecule has 5 rings (SSSR count). The average Bonchev–Trinajstić information content (AvgIpc) is 3.03. The zero-order valence-corrected chi connectivity index (χ0v) is 11.9. The van der Waals surface area contributed by atoms with Gasteiger partial charge in [0.1, 0.15) is 0 Å². The van der Waals surface area contributed by atoms with Crippen molar-refractivity contribution in [1.82, 2.24) is 4.98 Å². The van der Waals surface area contributed by atoms with Crippen LogP contribution in [0.3, 0.4) is 0 Å². The Morgan fingerprint density at radius 3 is 2.77 bits per heavy atom. The van der Waals surface area contributed by atoms with E-state index >= 15 is 0 Å². The summed E-state index contributed by atoms with van der Waals surface area (Å²) in [7, 11) is 0. The molecule has 0 radical (unpaired) electrons. The molecule has 2 aromatic carbocycles. The maximum absolute atomic E-state index is 12.4. The number of anilines is 2. The maximum atomic E-state index is 12.4. The molecule has 0 unspecified atom stereocenters. The molecule has 108 valence electrons. The molecule has 1 aromatic heterocycles. The van der Waals surface area contributed by atoms with Gasteiger partial charge in [0.05, 0.1) is 17.4 Å². The Balaban J connectivity index is 1.75. The van der Waals surface area contributed by atoms with Crippen molar-refractivity contribution in [3.8, 4) is 0 Å². The summed E-state index contributed by atoms with van der Waals surface area (Å²) in [6.07, 6.45) is 0.505. The highest BCUT2D eigenvalue weighted by atomic mass is 16.1. The van der Waals surface area contributed by atoms with E-state index in [4.69, 9.17) is 0 Å². The van der Waals surface area contributed by atoms with Crippen LogP contribution < -0.4 is 10.6 Å². The number of fused-ring (bicyclic) bond motifs is 7. The van der Waals surface area contributed by atoms with Crippen LogP contribution in [-0.4, -0.2) is 10.9 Å². The number of carbonyl (C=O) groups excluding carboxylic acids is 1. The second kappa shape index (κ2) is 4.13. The molecule has 0 fully saturated rings. The normalized spacial score (nSPS) is 22.3. The Hall–Kier alpha value is -2.75. The molecular weight excluding hydrogens is 274 g/mol. The van der Waals surface area contributed by atoms with E-state index in [0.29, 0.717) is 6.42 Å². The van der Waals surface area contributed by atoms with Gasteiger partial charge in [0, 0.05) is 28.9 Å². The van der Waals surface area contributed by atoms with Crippen molar-refractivity contribution in [2.45, 2.75) is 18.4 Å². The molecule has 3 N–H and O–H groups in total. The number of rotatable bonds is 0. The number of aromatic amines is 1. The van der Waals surface area contributed by atoms with Crippen LogP contribution >= 0.6 is 0 Å². The van der Waals surface area contributed by atoms with Crippen molar-refractivity contribution >= 4 is 28.2 Å². The fourth-order valence-electron chi connectivity index (χ4n) is 3.82. The van der Waals surface area contributed by atoms with Gasteiger partial charge >= 0.3 is 0 Å². The van der Waals surface area contributed by atoms with E-state index in [-0.39, 0.29) is 17.9 Å². The van der Waals surface area contributed by atoms with Gasteiger partial charge in [-0.2, -0.15) is 0 Å². The minimum absolute atomic E-state index is 0.0806. The third kappa shape index (κ3) is 1.49. The molecule has 3 heterocycles. The molecule has 2 aliphatic heterocycles. The summed E-state index contributed by atoms with van der Waals surface area (Å²) in [5, 5.41) is 7.76. The van der Waals surface area contributed by atoms with Crippen LogP contribution in [0.15, 0.2) is 48.5 Å². The van der Waals surface area contributed by atoms with Crippen molar-refractivity contribution in [2.24, 2.45) is 0 Å². The lowest BCUT2D eigenvalue weighted by atomic mass is 9.90. The fourth-order valence-corrected chi connectivity index (χ4v) is 3.82. The fraction of sp³-hybridized carbons (Fsp3) is 0.167. The lowest BCUT2D eigenvalue weighted by Crippen LogP contribution is -2.14. The average molecular weight is 289 g/mol. The first-order chi connectivity index (χ1) is 10.8. The van der Waals surface area contributed by atoms with Crippen LogP contribution in [0.4, 0.5) is 11.4 Å². The lowest BCUT2D eigenvalue weighted by molar-refractivity contribution is -0.116. The second-order valence-corrected chi connectivity index (χ2v) is 6.03. The highest BCUT2D eigenvalue weighted by Crippen LogP contribution is 2.50. The number of aromatic nitrogens is 1. The monoisotopic (exact) mass is 289 g/mol. The van der Waals surface area contributed by atoms with E-state index in [2.05, 4.69) is 27.8 Å². The van der Waals surface area contributed by atoms with Crippen molar-refractivity contribution in [1.29, 1.82) is 0 Å². The summed E-state index contributed by atoms with van der Waals surface area (Å²) in [5.41, 5.74) is 5.43. The van der Waals surface area contributed by atoms with Gasteiger partial charge in [-0.15, -0.1) is 0 Å². The van der Waals surface area contributed by atoms with E-state index in [1.165, 1.54) is 5.56 Å². The molecule has 0 aliphatic carbocycles. The smallest absolute Gasteiger partial charge is 0.225 e. The van der Waals surface area contributed by atoms with E-state index in [1.807, 2.05) is 36.4 Å². The van der Waals surface area contributed by atoms with Gasteiger partial charge in [0.2, 0.25) is 5.91 Å². The minimum Gasteiger partial charge on any atom is -0.376 e. The van der Waals surface area contributed by atoms with E-state index in [9.17, 15) is 4.79 Å². The number of hydrogen-bond donors (Lipinski definition) is 3. The zero-order valence-electron chi connectivity index (χ0n) is 11.9. The van der Waals surface area contributed by atoms with Crippen LogP contribution in [-0.2, 0) is 4.79 Å². The molecular formula is C18H15N3O. The first-order valence-corrected chi connectivity index (χ1v) is 7.57. The lowest BCUT2D eigenvalue weighted by Gasteiger charge is -2.16. The van der Waals surface area contributed by atoms with Crippen molar-refractivity contribution in [3.63, 3.8) is 0 Å². The standard InChI is InChI=1S/C18H15N3O/c22-15-9-12-10-5-1-3-7-13(10)19-17(12)18-16(21-15)11-6-2-4-8-14(11)20-18/h1-8,12,17,19-20H,9H2,(H,21,22)/t12-,17+/m1/s1. The predicted octanol–water partition coefficient (Wildman–Crippen LogP) is 3.76. The molecule has 4 heteroatoms. The Morgan fingerprint density at radius 2 is 1.82 bits per heavy atom. The second-order valence-electron chi connectivity index (χ2n) is 6.03. The molecule has 3 aromatic rings. The number of amides is 1. The summed E-state index contributed by atoms with van der Waals surface area (Å²) < 4.78 is 0. The Bertz CT molecular complexity index is 912. The molecule has 2 atom stereocenters. The zero-order chi connectivity index (χ0) is 14.7. The Kier molecular flexibility index (Phi) is 2.23. The predicted molar refractivity (Wildman–Crippen MR) is 87.1 cm³/mol. The third-order valence-corrected chi connectivity index (χ3v) is 4.79. The Morgan fingerprint density at radius 1 is 1.00 bits per heavy atom. The summed E-state index contributed by atoms with van der Waals surface area (Å²) in [4.78, 5) is 15.9. The van der Waals surface area contributed by atoms with Crippen LogP contribution in [0.1, 0.15) is 29.6 Å². The van der Waals surface area contributed by atoms with E-state index in [1.54, 1.807) is 0 Å². The molecule has 2 aliphatic rings. The van der Waals surface area contributed by atoms with Crippen molar-refractivity contribution < 1.29 is 4.79 Å². The highest BCUT2D eigenvalue weighted by molar-refractivity contribution is 6.04. The van der Waals surface area contributed by atoms with Crippen LogP contribution in [0, 0.1) is 0 Å². The quantitative estimate of drug-likeness (QED) is 0.590. The van der Waals surface area contributed by atoms with Crippen LogP contribution in [0.25, 0.3) is 10.9 Å².